The van der Waals surface area contributed by atoms with Gasteiger partial charge in [-0.15, -0.1) is 0 Å². The number of aliphatic hydroxyl groups is 10. The zero-order chi connectivity index (χ0) is 37.6. The minimum atomic E-state index is -1.40. The highest BCUT2D eigenvalue weighted by Gasteiger charge is 2.48. The van der Waals surface area contributed by atoms with Crippen molar-refractivity contribution in [1.29, 1.82) is 0 Å². The van der Waals surface area contributed by atoms with Crippen LogP contribution in [0.4, 0.5) is 0 Å². The van der Waals surface area contributed by atoms with Crippen LogP contribution < -0.4 is 0 Å². The number of rotatable bonds is 16. The first-order chi connectivity index (χ1) is 24.3. The summed E-state index contributed by atoms with van der Waals surface area (Å²) < 4.78 is 45.5. The van der Waals surface area contributed by atoms with E-state index in [2.05, 4.69) is 0 Å². The molecule has 0 aromatic carbocycles. The van der Waals surface area contributed by atoms with Crippen LogP contribution in [0.2, 0.25) is 0 Å². The molecule has 18 heteroatoms. The van der Waals surface area contributed by atoms with Gasteiger partial charge in [0.25, 0.3) is 0 Å². The minimum absolute atomic E-state index is 0.00126. The second kappa shape index (κ2) is 19.7. The maximum atomic E-state index is 10.9. The van der Waals surface area contributed by atoms with Crippen LogP contribution in [0.25, 0.3) is 0 Å². The van der Waals surface area contributed by atoms with Gasteiger partial charge < -0.3 is 89.0 Å². The third-order valence-corrected chi connectivity index (χ3v) is 10.9. The summed E-state index contributed by atoms with van der Waals surface area (Å²) in [6.07, 6.45) is -16.8. The maximum Gasteiger partial charge on any atom is 0.114 e. The molecule has 18 nitrogen and oxygen atoms in total. The van der Waals surface area contributed by atoms with Crippen molar-refractivity contribution in [3.05, 3.63) is 0 Å². The molecule has 300 valence electrons. The van der Waals surface area contributed by atoms with Gasteiger partial charge in [0.15, 0.2) is 0 Å². The second-order valence-electron chi connectivity index (χ2n) is 14.2. The summed E-state index contributed by atoms with van der Waals surface area (Å²) in [6.45, 7) is 3.55. The molecule has 0 bridgehead atoms. The highest BCUT2D eigenvalue weighted by molar-refractivity contribution is 4.96. The van der Waals surface area contributed by atoms with Gasteiger partial charge in [-0.1, -0.05) is 6.92 Å². The summed E-state index contributed by atoms with van der Waals surface area (Å²) in [5.41, 5.74) is 0. The molecule has 4 saturated heterocycles. The van der Waals surface area contributed by atoms with E-state index in [-0.39, 0.29) is 39.6 Å². The molecule has 0 aromatic heterocycles. The summed E-state index contributed by atoms with van der Waals surface area (Å²) in [5, 5.41) is 105. The molecule has 4 aliphatic rings. The molecular formula is C33H60O18. The van der Waals surface area contributed by atoms with E-state index in [1.54, 1.807) is 13.8 Å². The standard InChI is InChI=1S/C33H60O18/c1-5-19-28(39)25(36)16(14(2)48-19)8-45-12-23-30(41)27(38)18(20(6-34)50-23)10-47-11-22-29(40)26(37)17(15(3)49-22)9-46-13-24-32(43)33(44-4)31(42)21(7-35)51-24/h14-43H,5-13H2,1-4H3/t14?,15?,16-,17-,18-,19-,20?,21?,22-,23-,24-,25?,26?,27?,28+,29+,30+,31-,32+,33?/m0/s1. The van der Waals surface area contributed by atoms with Crippen molar-refractivity contribution in [2.45, 2.75) is 131 Å². The molecular weight excluding hydrogens is 684 g/mol. The Balaban J connectivity index is 1.21. The van der Waals surface area contributed by atoms with Crippen molar-refractivity contribution >= 4 is 0 Å². The normalized spacial score (nSPS) is 48.1. The van der Waals surface area contributed by atoms with Gasteiger partial charge in [0.1, 0.15) is 61.0 Å². The van der Waals surface area contributed by atoms with Gasteiger partial charge in [0.05, 0.1) is 95.6 Å². The highest BCUT2D eigenvalue weighted by atomic mass is 16.6. The molecule has 0 aliphatic carbocycles. The van der Waals surface area contributed by atoms with Gasteiger partial charge in [-0.2, -0.15) is 0 Å². The topological polar surface area (TPSA) is 276 Å². The van der Waals surface area contributed by atoms with E-state index < -0.39 is 135 Å². The van der Waals surface area contributed by atoms with Crippen molar-refractivity contribution in [2.24, 2.45) is 17.8 Å². The Morgan fingerprint density at radius 1 is 0.431 bits per heavy atom. The van der Waals surface area contributed by atoms with E-state index in [4.69, 9.17) is 37.9 Å². The Labute approximate surface area is 297 Å². The van der Waals surface area contributed by atoms with E-state index >= 15 is 0 Å². The lowest BCUT2D eigenvalue weighted by atomic mass is 9.86. The smallest absolute Gasteiger partial charge is 0.114 e. The molecule has 0 radical (unpaired) electrons. The molecule has 4 fully saturated rings. The lowest BCUT2D eigenvalue weighted by Crippen LogP contribution is -2.60. The third kappa shape index (κ3) is 9.94. The van der Waals surface area contributed by atoms with Crippen molar-refractivity contribution in [3.8, 4) is 0 Å². The number of hydrogen-bond donors (Lipinski definition) is 10. The lowest BCUT2D eigenvalue weighted by molar-refractivity contribution is -0.252. The lowest BCUT2D eigenvalue weighted by Gasteiger charge is -2.44. The average Bonchev–Trinajstić information content (AvgIpc) is 3.11. The fourth-order valence-electron chi connectivity index (χ4n) is 7.52. The Kier molecular flexibility index (Phi) is 16.7. The van der Waals surface area contributed by atoms with Crippen molar-refractivity contribution in [2.75, 3.05) is 60.0 Å². The van der Waals surface area contributed by atoms with Gasteiger partial charge in [0.2, 0.25) is 0 Å². The van der Waals surface area contributed by atoms with Crippen LogP contribution in [0.3, 0.4) is 0 Å². The van der Waals surface area contributed by atoms with Crippen LogP contribution in [0.1, 0.15) is 27.2 Å². The summed E-state index contributed by atoms with van der Waals surface area (Å²) in [7, 11) is 1.32. The van der Waals surface area contributed by atoms with Crippen molar-refractivity contribution < 1.29 is 89.0 Å². The SMILES string of the molecule is CC[C@@H]1OC(C)[C@H](COC[C@@H]2OC(CO)[C@H](COC[C@@H]3OC(C)[C@H](COC[C@@H]4OC(CO)[C@H](O)C(OC)[C@@H]4O)C(O)[C@@H]3O)C(O)[C@@H]2O)C(O)[C@@H]1O. The molecule has 0 spiro atoms. The number of aliphatic hydroxyl groups excluding tert-OH is 10. The Hall–Kier alpha value is -0.720. The van der Waals surface area contributed by atoms with E-state index in [1.165, 1.54) is 7.11 Å². The summed E-state index contributed by atoms with van der Waals surface area (Å²) in [5.74, 6) is -2.07. The van der Waals surface area contributed by atoms with Crippen LogP contribution in [0.5, 0.6) is 0 Å². The third-order valence-electron chi connectivity index (χ3n) is 10.9. The predicted octanol–water partition coefficient (Wildman–Crippen LogP) is -4.71. The molecule has 0 saturated carbocycles. The Morgan fingerprint density at radius 3 is 1.27 bits per heavy atom. The predicted molar refractivity (Wildman–Crippen MR) is 172 cm³/mol. The number of methoxy groups -OCH3 is 1. The monoisotopic (exact) mass is 744 g/mol. The Bertz CT molecular complexity index is 1010. The summed E-state index contributed by atoms with van der Waals surface area (Å²) in [6, 6.07) is 0. The van der Waals surface area contributed by atoms with Gasteiger partial charge >= 0.3 is 0 Å². The van der Waals surface area contributed by atoms with E-state index in [1.807, 2.05) is 6.92 Å². The summed E-state index contributed by atoms with van der Waals surface area (Å²) in [4.78, 5) is 0. The summed E-state index contributed by atoms with van der Waals surface area (Å²) >= 11 is 0. The molecule has 0 aromatic rings. The first-order valence-corrected chi connectivity index (χ1v) is 17.8. The van der Waals surface area contributed by atoms with Gasteiger partial charge in [-0.25, -0.2) is 0 Å². The first kappa shape index (κ1) is 43.0. The second-order valence-corrected chi connectivity index (χ2v) is 14.2. The van der Waals surface area contributed by atoms with Crippen molar-refractivity contribution in [1.82, 2.24) is 0 Å². The number of hydrogen-bond acceptors (Lipinski definition) is 18. The quantitative estimate of drug-likeness (QED) is 0.0711. The van der Waals surface area contributed by atoms with E-state index in [0.717, 1.165) is 0 Å². The van der Waals surface area contributed by atoms with Crippen molar-refractivity contribution in [3.63, 3.8) is 0 Å². The van der Waals surface area contributed by atoms with Gasteiger partial charge in [0, 0.05) is 24.9 Å². The number of ether oxygens (including phenoxy) is 8. The van der Waals surface area contributed by atoms with Crippen LogP contribution in [0, 0.1) is 17.8 Å². The zero-order valence-corrected chi connectivity index (χ0v) is 29.6. The van der Waals surface area contributed by atoms with Gasteiger partial charge in [-0.05, 0) is 20.3 Å². The van der Waals surface area contributed by atoms with Crippen LogP contribution >= 0.6 is 0 Å². The molecule has 4 aliphatic heterocycles. The van der Waals surface area contributed by atoms with Crippen LogP contribution in [-0.4, -0.2) is 215 Å². The van der Waals surface area contributed by atoms with E-state index in [0.29, 0.717) is 6.42 Å². The van der Waals surface area contributed by atoms with Crippen LogP contribution in [0.15, 0.2) is 0 Å². The average molecular weight is 745 g/mol. The van der Waals surface area contributed by atoms with Crippen LogP contribution in [-0.2, 0) is 37.9 Å². The molecule has 4 heterocycles. The molecule has 4 rings (SSSR count). The molecule has 0 amide bonds. The minimum Gasteiger partial charge on any atom is -0.394 e. The fourth-order valence-corrected chi connectivity index (χ4v) is 7.52. The van der Waals surface area contributed by atoms with Gasteiger partial charge in [-0.3, -0.25) is 0 Å². The molecule has 8 unspecified atom stereocenters. The zero-order valence-electron chi connectivity index (χ0n) is 29.6. The highest BCUT2D eigenvalue weighted by Crippen LogP contribution is 2.32. The molecule has 10 N–H and O–H groups in total. The molecule has 51 heavy (non-hydrogen) atoms. The molecule has 20 atom stereocenters. The Morgan fingerprint density at radius 2 is 0.804 bits per heavy atom. The fraction of sp³-hybridized carbons (Fsp3) is 1.00. The van der Waals surface area contributed by atoms with E-state index in [9.17, 15) is 51.1 Å². The largest absolute Gasteiger partial charge is 0.394 e. The maximum absolute atomic E-state index is 10.9. The first-order valence-electron chi connectivity index (χ1n) is 17.8.